The van der Waals surface area contributed by atoms with E-state index in [1.807, 2.05) is 49.4 Å². The van der Waals surface area contributed by atoms with E-state index in [9.17, 15) is 4.79 Å². The van der Waals surface area contributed by atoms with Crippen LogP contribution >= 0.6 is 22.9 Å². The zero-order valence-electron chi connectivity index (χ0n) is 16.8. The lowest BCUT2D eigenvalue weighted by molar-refractivity contribution is -0.120. The summed E-state index contributed by atoms with van der Waals surface area (Å²) in [6.45, 7) is 2.68. The van der Waals surface area contributed by atoms with Crippen LogP contribution < -0.4 is 14.4 Å². The molecule has 0 unspecified atom stereocenters. The maximum atomic E-state index is 13.1. The molecule has 0 saturated heterocycles. The number of aromatic nitrogens is 2. The van der Waals surface area contributed by atoms with Crippen LogP contribution in [0.3, 0.4) is 0 Å². The monoisotopic (exact) mass is 453 g/mol. The molecule has 0 fully saturated rings. The summed E-state index contributed by atoms with van der Waals surface area (Å²) < 4.78 is 12.1. The van der Waals surface area contributed by atoms with Crippen molar-refractivity contribution in [3.63, 3.8) is 0 Å². The van der Waals surface area contributed by atoms with E-state index >= 15 is 0 Å². The molecule has 0 atom stereocenters. The SMILES string of the molecule is CCOc1ccc(OCC(=O)N(Cc2ccccn2)c2nc3ccc(Cl)cc3s2)cc1. The number of anilines is 1. The molecule has 2 heterocycles. The van der Waals surface area contributed by atoms with Crippen LogP contribution in [0.15, 0.2) is 66.9 Å². The van der Waals surface area contributed by atoms with Gasteiger partial charge in [0.15, 0.2) is 11.7 Å². The van der Waals surface area contributed by atoms with Gasteiger partial charge in [-0.05, 0) is 61.5 Å². The van der Waals surface area contributed by atoms with Gasteiger partial charge in [0.05, 0.1) is 29.1 Å². The highest BCUT2D eigenvalue weighted by molar-refractivity contribution is 7.22. The Morgan fingerprint density at radius 3 is 2.55 bits per heavy atom. The second-order valence-corrected chi connectivity index (χ2v) is 8.05. The first-order valence-electron chi connectivity index (χ1n) is 9.74. The molecular weight excluding hydrogens is 434 g/mol. The smallest absolute Gasteiger partial charge is 0.267 e. The van der Waals surface area contributed by atoms with Gasteiger partial charge < -0.3 is 9.47 Å². The Labute approximate surface area is 189 Å². The predicted molar refractivity (Wildman–Crippen MR) is 123 cm³/mol. The number of carbonyl (C=O) groups is 1. The Balaban J connectivity index is 1.54. The maximum Gasteiger partial charge on any atom is 0.267 e. The van der Waals surface area contributed by atoms with Gasteiger partial charge in [-0.15, -0.1) is 0 Å². The molecule has 2 aromatic carbocycles. The van der Waals surface area contributed by atoms with Crippen molar-refractivity contribution in [2.24, 2.45) is 0 Å². The number of ether oxygens (including phenoxy) is 2. The molecule has 0 aliphatic heterocycles. The van der Waals surface area contributed by atoms with Crippen molar-refractivity contribution in [3.8, 4) is 11.5 Å². The molecule has 4 rings (SSSR count). The van der Waals surface area contributed by atoms with Crippen LogP contribution in [0.4, 0.5) is 5.13 Å². The van der Waals surface area contributed by atoms with E-state index in [1.165, 1.54) is 11.3 Å². The van der Waals surface area contributed by atoms with Crippen LogP contribution in [-0.2, 0) is 11.3 Å². The minimum absolute atomic E-state index is 0.127. The van der Waals surface area contributed by atoms with E-state index in [2.05, 4.69) is 9.97 Å². The molecule has 0 aliphatic carbocycles. The van der Waals surface area contributed by atoms with Crippen molar-refractivity contribution in [3.05, 3.63) is 77.6 Å². The quantitative estimate of drug-likeness (QED) is 0.359. The second kappa shape index (κ2) is 9.76. The number of rotatable bonds is 8. The standard InChI is InChI=1S/C23H20ClN3O3S/c1-2-29-18-7-9-19(10-8-18)30-15-22(28)27(14-17-5-3-4-12-25-17)23-26-20-11-6-16(24)13-21(20)31-23/h3-13H,2,14-15H2,1H3. The number of fused-ring (bicyclic) bond motifs is 1. The Kier molecular flexibility index (Phi) is 6.64. The van der Waals surface area contributed by atoms with Gasteiger partial charge in [0.2, 0.25) is 0 Å². The zero-order valence-corrected chi connectivity index (χ0v) is 18.4. The topological polar surface area (TPSA) is 64.6 Å². The van der Waals surface area contributed by atoms with Crippen molar-refractivity contribution in [1.82, 2.24) is 9.97 Å². The number of benzene rings is 2. The molecule has 6 nitrogen and oxygen atoms in total. The molecule has 158 valence electrons. The van der Waals surface area contributed by atoms with Gasteiger partial charge in [0, 0.05) is 11.2 Å². The van der Waals surface area contributed by atoms with Crippen molar-refractivity contribution < 1.29 is 14.3 Å². The van der Waals surface area contributed by atoms with E-state index in [4.69, 9.17) is 21.1 Å². The van der Waals surface area contributed by atoms with E-state index in [-0.39, 0.29) is 12.5 Å². The Morgan fingerprint density at radius 2 is 1.84 bits per heavy atom. The summed E-state index contributed by atoms with van der Waals surface area (Å²) in [5.41, 5.74) is 1.55. The molecular formula is C23H20ClN3O3S. The summed E-state index contributed by atoms with van der Waals surface area (Å²) in [6, 6.07) is 18.3. The van der Waals surface area contributed by atoms with Crippen LogP contribution in [-0.4, -0.2) is 29.1 Å². The van der Waals surface area contributed by atoms with Crippen molar-refractivity contribution >= 4 is 44.2 Å². The number of thiazole rings is 1. The highest BCUT2D eigenvalue weighted by Gasteiger charge is 2.21. The maximum absolute atomic E-state index is 13.1. The lowest BCUT2D eigenvalue weighted by atomic mass is 10.3. The third-order valence-corrected chi connectivity index (χ3v) is 5.69. The third kappa shape index (κ3) is 5.31. The molecule has 0 bridgehead atoms. The van der Waals surface area contributed by atoms with Gasteiger partial charge in [0.25, 0.3) is 5.91 Å². The highest BCUT2D eigenvalue weighted by atomic mass is 35.5. The Bertz CT molecular complexity index is 1170. The van der Waals surface area contributed by atoms with Gasteiger partial charge in [-0.25, -0.2) is 4.98 Å². The summed E-state index contributed by atoms with van der Waals surface area (Å²) in [6.07, 6.45) is 1.70. The fourth-order valence-electron chi connectivity index (χ4n) is 2.94. The molecule has 1 amide bonds. The average Bonchev–Trinajstić information content (AvgIpc) is 3.20. The first kappa shape index (κ1) is 21.1. The first-order valence-corrected chi connectivity index (χ1v) is 10.9. The second-order valence-electron chi connectivity index (χ2n) is 6.60. The van der Waals surface area contributed by atoms with E-state index in [1.54, 1.807) is 29.3 Å². The van der Waals surface area contributed by atoms with Crippen LogP contribution in [0.5, 0.6) is 11.5 Å². The number of nitrogens with zero attached hydrogens (tertiary/aromatic N) is 3. The molecule has 2 aromatic heterocycles. The molecule has 0 saturated carbocycles. The lowest BCUT2D eigenvalue weighted by Crippen LogP contribution is -2.34. The molecule has 0 N–H and O–H groups in total. The van der Waals surface area contributed by atoms with Crippen LogP contribution in [0.25, 0.3) is 10.2 Å². The minimum atomic E-state index is -0.218. The number of carbonyl (C=O) groups excluding carboxylic acids is 1. The van der Waals surface area contributed by atoms with Crippen LogP contribution in [0.1, 0.15) is 12.6 Å². The van der Waals surface area contributed by atoms with Crippen molar-refractivity contribution in [2.45, 2.75) is 13.5 Å². The Hall–Kier alpha value is -3.16. The summed E-state index contributed by atoms with van der Waals surface area (Å²) in [5, 5.41) is 1.20. The third-order valence-electron chi connectivity index (χ3n) is 4.41. The van der Waals surface area contributed by atoms with Crippen molar-refractivity contribution in [2.75, 3.05) is 18.1 Å². The Morgan fingerprint density at radius 1 is 1.06 bits per heavy atom. The molecule has 4 aromatic rings. The average molecular weight is 454 g/mol. The number of hydrogen-bond donors (Lipinski definition) is 0. The summed E-state index contributed by atoms with van der Waals surface area (Å²) >= 11 is 7.51. The van der Waals surface area contributed by atoms with Crippen molar-refractivity contribution in [1.29, 1.82) is 0 Å². The summed E-state index contributed by atoms with van der Waals surface area (Å²) in [7, 11) is 0. The van der Waals surface area contributed by atoms with Gasteiger partial charge in [0.1, 0.15) is 11.5 Å². The molecule has 0 radical (unpaired) electrons. The van der Waals surface area contributed by atoms with E-state index < -0.39 is 0 Å². The highest BCUT2D eigenvalue weighted by Crippen LogP contribution is 2.31. The summed E-state index contributed by atoms with van der Waals surface area (Å²) in [5.74, 6) is 1.13. The van der Waals surface area contributed by atoms with Gasteiger partial charge >= 0.3 is 0 Å². The molecule has 31 heavy (non-hydrogen) atoms. The zero-order chi connectivity index (χ0) is 21.6. The molecule has 0 aliphatic rings. The van der Waals surface area contributed by atoms with Crippen LogP contribution in [0.2, 0.25) is 5.02 Å². The number of pyridine rings is 1. The fourth-order valence-corrected chi connectivity index (χ4v) is 4.20. The lowest BCUT2D eigenvalue weighted by Gasteiger charge is -2.19. The number of halogens is 1. The number of amides is 1. The number of hydrogen-bond acceptors (Lipinski definition) is 6. The largest absolute Gasteiger partial charge is 0.494 e. The van der Waals surface area contributed by atoms with Gasteiger partial charge in [-0.2, -0.15) is 0 Å². The minimum Gasteiger partial charge on any atom is -0.494 e. The first-order chi connectivity index (χ1) is 15.1. The van der Waals surface area contributed by atoms with Gasteiger partial charge in [-0.1, -0.05) is 29.0 Å². The molecule has 8 heteroatoms. The fraction of sp³-hybridized carbons (Fsp3) is 0.174. The predicted octanol–water partition coefficient (Wildman–Crippen LogP) is 5.36. The normalized spacial score (nSPS) is 10.8. The summed E-state index contributed by atoms with van der Waals surface area (Å²) in [4.78, 5) is 23.7. The van der Waals surface area contributed by atoms with Gasteiger partial charge in [-0.3, -0.25) is 14.7 Å². The van der Waals surface area contributed by atoms with E-state index in [0.29, 0.717) is 29.1 Å². The van der Waals surface area contributed by atoms with E-state index in [0.717, 1.165) is 21.7 Å². The molecule has 0 spiro atoms. The van der Waals surface area contributed by atoms with Crippen LogP contribution in [0, 0.1) is 0 Å².